The summed E-state index contributed by atoms with van der Waals surface area (Å²) in [5.41, 5.74) is 2.31. The molecule has 2 heteroatoms. The number of rotatable bonds is 2. The molecule has 82 valence electrons. The Hall–Kier alpha value is -1.05. The lowest BCUT2D eigenvalue weighted by Gasteiger charge is -2.32. The average Bonchev–Trinajstić information content (AvgIpc) is 2.50. The fraction of sp³-hybridized carbons (Fsp3) is 0.615. The van der Waals surface area contributed by atoms with Crippen molar-refractivity contribution >= 4 is 5.97 Å². The first-order valence-electron chi connectivity index (χ1n) is 5.68. The van der Waals surface area contributed by atoms with Crippen molar-refractivity contribution in [2.45, 2.75) is 26.7 Å². The second-order valence-corrected chi connectivity index (χ2v) is 4.40. The van der Waals surface area contributed by atoms with Gasteiger partial charge in [-0.15, -0.1) is 0 Å². The molecule has 2 rings (SSSR count). The van der Waals surface area contributed by atoms with Crippen molar-refractivity contribution in [1.82, 2.24) is 0 Å². The molecule has 1 fully saturated rings. The van der Waals surface area contributed by atoms with E-state index in [1.165, 1.54) is 19.1 Å². The predicted molar refractivity (Wildman–Crippen MR) is 59.2 cm³/mol. The van der Waals surface area contributed by atoms with Gasteiger partial charge in [0.05, 0.1) is 7.11 Å². The van der Waals surface area contributed by atoms with Crippen LogP contribution in [0.25, 0.3) is 0 Å². The predicted octanol–water partition coefficient (Wildman–Crippen LogP) is 2.71. The number of carbonyl (C=O) groups excluding carboxylic acids is 1. The number of allylic oxidation sites excluding steroid dienone is 3. The van der Waals surface area contributed by atoms with Crippen LogP contribution in [0.3, 0.4) is 0 Å². The van der Waals surface area contributed by atoms with Crippen LogP contribution >= 0.6 is 0 Å². The zero-order valence-corrected chi connectivity index (χ0v) is 9.62. The van der Waals surface area contributed by atoms with E-state index in [0.717, 1.165) is 17.9 Å². The SMILES string of the molecule is C/C=C1/C[C@@H](CC)[C@@H]2C=C(C(=O)OC)[C@H]12. The first kappa shape index (κ1) is 10.5. The Balaban J connectivity index is 2.23. The van der Waals surface area contributed by atoms with Gasteiger partial charge < -0.3 is 4.74 Å². The van der Waals surface area contributed by atoms with Crippen LogP contribution in [0, 0.1) is 17.8 Å². The van der Waals surface area contributed by atoms with Crippen molar-refractivity contribution in [3.63, 3.8) is 0 Å². The van der Waals surface area contributed by atoms with Crippen LogP contribution in [0.2, 0.25) is 0 Å². The molecule has 2 nitrogen and oxygen atoms in total. The Bertz CT molecular complexity index is 338. The number of hydrogen-bond acceptors (Lipinski definition) is 2. The summed E-state index contributed by atoms with van der Waals surface area (Å²) in [5.74, 6) is 1.55. The highest BCUT2D eigenvalue weighted by Crippen LogP contribution is 2.53. The minimum atomic E-state index is -0.146. The highest BCUT2D eigenvalue weighted by molar-refractivity contribution is 5.92. The lowest BCUT2D eigenvalue weighted by Crippen LogP contribution is -2.29. The van der Waals surface area contributed by atoms with Crippen LogP contribution in [-0.4, -0.2) is 13.1 Å². The van der Waals surface area contributed by atoms with Gasteiger partial charge in [-0.1, -0.05) is 31.1 Å². The van der Waals surface area contributed by atoms with Gasteiger partial charge in [-0.3, -0.25) is 0 Å². The molecule has 0 aliphatic heterocycles. The van der Waals surface area contributed by atoms with Gasteiger partial charge in [0.15, 0.2) is 0 Å². The highest BCUT2D eigenvalue weighted by Gasteiger charge is 2.47. The quantitative estimate of drug-likeness (QED) is 0.513. The number of methoxy groups -OCH3 is 1. The van der Waals surface area contributed by atoms with Crippen LogP contribution < -0.4 is 0 Å². The van der Waals surface area contributed by atoms with Crippen LogP contribution in [0.1, 0.15) is 26.7 Å². The molecule has 2 aliphatic carbocycles. The summed E-state index contributed by atoms with van der Waals surface area (Å²) in [6, 6.07) is 0. The molecule has 0 amide bonds. The molecule has 0 saturated heterocycles. The number of fused-ring (bicyclic) bond motifs is 1. The highest BCUT2D eigenvalue weighted by atomic mass is 16.5. The smallest absolute Gasteiger partial charge is 0.334 e. The third kappa shape index (κ3) is 1.43. The largest absolute Gasteiger partial charge is 0.466 e. The van der Waals surface area contributed by atoms with Crippen molar-refractivity contribution < 1.29 is 9.53 Å². The van der Waals surface area contributed by atoms with E-state index in [2.05, 4.69) is 26.0 Å². The summed E-state index contributed by atoms with van der Waals surface area (Å²) in [5, 5.41) is 0. The Labute approximate surface area is 91.0 Å². The van der Waals surface area contributed by atoms with Crippen LogP contribution in [0.4, 0.5) is 0 Å². The Morgan fingerprint density at radius 2 is 2.40 bits per heavy atom. The number of esters is 1. The minimum Gasteiger partial charge on any atom is -0.466 e. The Morgan fingerprint density at radius 1 is 1.67 bits per heavy atom. The third-order valence-electron chi connectivity index (χ3n) is 3.85. The van der Waals surface area contributed by atoms with Gasteiger partial charge in [-0.05, 0) is 25.2 Å². The zero-order valence-electron chi connectivity index (χ0n) is 9.62. The summed E-state index contributed by atoms with van der Waals surface area (Å²) in [6.45, 7) is 4.29. The third-order valence-corrected chi connectivity index (χ3v) is 3.85. The van der Waals surface area contributed by atoms with Gasteiger partial charge in [0, 0.05) is 11.5 Å². The van der Waals surface area contributed by atoms with E-state index < -0.39 is 0 Å². The maximum atomic E-state index is 11.5. The molecule has 0 radical (unpaired) electrons. The van der Waals surface area contributed by atoms with E-state index in [-0.39, 0.29) is 5.97 Å². The van der Waals surface area contributed by atoms with Crippen molar-refractivity contribution in [2.24, 2.45) is 17.8 Å². The number of hydrogen-bond donors (Lipinski definition) is 0. The van der Waals surface area contributed by atoms with Crippen LogP contribution in [0.5, 0.6) is 0 Å². The first-order chi connectivity index (χ1) is 7.22. The molecule has 0 aromatic carbocycles. The molecular weight excluding hydrogens is 188 g/mol. The molecule has 0 spiro atoms. The molecule has 15 heavy (non-hydrogen) atoms. The number of carbonyl (C=O) groups is 1. The van der Waals surface area contributed by atoms with Crippen LogP contribution in [-0.2, 0) is 9.53 Å². The van der Waals surface area contributed by atoms with Gasteiger partial charge in [-0.2, -0.15) is 0 Å². The molecule has 0 bridgehead atoms. The van der Waals surface area contributed by atoms with Gasteiger partial charge >= 0.3 is 5.97 Å². The van der Waals surface area contributed by atoms with Gasteiger partial charge in [0.25, 0.3) is 0 Å². The molecule has 0 N–H and O–H groups in total. The summed E-state index contributed by atoms with van der Waals surface area (Å²) in [7, 11) is 1.46. The topological polar surface area (TPSA) is 26.3 Å². The fourth-order valence-electron chi connectivity index (χ4n) is 2.94. The summed E-state index contributed by atoms with van der Waals surface area (Å²) in [4.78, 5) is 11.5. The van der Waals surface area contributed by atoms with Crippen molar-refractivity contribution in [3.8, 4) is 0 Å². The van der Waals surface area contributed by atoms with E-state index in [0.29, 0.717) is 11.8 Å². The van der Waals surface area contributed by atoms with E-state index in [1.807, 2.05) is 0 Å². The summed E-state index contributed by atoms with van der Waals surface area (Å²) < 4.78 is 4.79. The summed E-state index contributed by atoms with van der Waals surface area (Å²) >= 11 is 0. The average molecular weight is 206 g/mol. The molecule has 2 aliphatic rings. The molecular formula is C13H18O2. The minimum absolute atomic E-state index is 0.146. The van der Waals surface area contributed by atoms with Gasteiger partial charge in [0.1, 0.15) is 0 Å². The van der Waals surface area contributed by atoms with Gasteiger partial charge in [0.2, 0.25) is 0 Å². The number of ether oxygens (including phenoxy) is 1. The lowest BCUT2D eigenvalue weighted by atomic mass is 9.72. The van der Waals surface area contributed by atoms with Gasteiger partial charge in [-0.25, -0.2) is 4.79 Å². The fourth-order valence-corrected chi connectivity index (χ4v) is 2.94. The monoisotopic (exact) mass is 206 g/mol. The molecule has 0 aromatic heterocycles. The normalized spacial score (nSPS) is 35.8. The van der Waals surface area contributed by atoms with E-state index >= 15 is 0 Å². The van der Waals surface area contributed by atoms with Crippen molar-refractivity contribution in [2.75, 3.05) is 7.11 Å². The van der Waals surface area contributed by atoms with Crippen molar-refractivity contribution in [3.05, 3.63) is 23.3 Å². The molecule has 1 saturated carbocycles. The second-order valence-electron chi connectivity index (χ2n) is 4.40. The van der Waals surface area contributed by atoms with Crippen molar-refractivity contribution in [1.29, 1.82) is 0 Å². The molecule has 0 unspecified atom stereocenters. The summed E-state index contributed by atoms with van der Waals surface area (Å²) in [6.07, 6.45) is 6.63. The van der Waals surface area contributed by atoms with E-state index in [4.69, 9.17) is 4.74 Å². The first-order valence-corrected chi connectivity index (χ1v) is 5.68. The maximum Gasteiger partial charge on any atom is 0.334 e. The van der Waals surface area contributed by atoms with E-state index in [9.17, 15) is 4.79 Å². The Kier molecular flexibility index (Phi) is 2.68. The Morgan fingerprint density at radius 3 is 2.93 bits per heavy atom. The second kappa shape index (κ2) is 3.84. The standard InChI is InChI=1S/C13H18O2/c1-4-8-6-9(5-2)12-10(8)7-11(12)13(14)15-3/h5,7-8,10,12H,4,6H2,1-3H3/b9-5-/t8-,10+,12-/m1/s1. The maximum absolute atomic E-state index is 11.5. The molecule has 0 heterocycles. The molecule has 0 aromatic rings. The van der Waals surface area contributed by atoms with Crippen LogP contribution in [0.15, 0.2) is 23.3 Å². The lowest BCUT2D eigenvalue weighted by molar-refractivity contribution is -0.137. The zero-order chi connectivity index (χ0) is 11.0. The van der Waals surface area contributed by atoms with E-state index in [1.54, 1.807) is 0 Å². The molecule has 3 atom stereocenters.